The molecule has 0 spiro atoms. The Bertz CT molecular complexity index is 485. The first-order chi connectivity index (χ1) is 8.90. The minimum atomic E-state index is -3.37. The maximum Gasteiger partial charge on any atom is 0.240 e. The second kappa shape index (κ2) is 7.00. The van der Waals surface area contributed by atoms with Gasteiger partial charge in [0, 0.05) is 19.2 Å². The van der Waals surface area contributed by atoms with Crippen LogP contribution in [0.2, 0.25) is 0 Å². The molecule has 2 unspecified atom stereocenters. The first kappa shape index (κ1) is 16.1. The Morgan fingerprint density at radius 2 is 1.79 bits per heavy atom. The van der Waals surface area contributed by atoms with Gasteiger partial charge < -0.3 is 10.4 Å². The molecule has 5 nitrogen and oxygen atoms in total. The molecule has 2 atom stereocenters. The molecule has 0 heterocycles. The van der Waals surface area contributed by atoms with Crippen LogP contribution < -0.4 is 10.0 Å². The summed E-state index contributed by atoms with van der Waals surface area (Å²) in [5.74, 6) is 0.200. The number of sulfonamides is 1. The summed E-state index contributed by atoms with van der Waals surface area (Å²) in [6.45, 7) is 4.83. The van der Waals surface area contributed by atoms with E-state index in [-0.39, 0.29) is 23.5 Å². The van der Waals surface area contributed by atoms with Gasteiger partial charge in [0.05, 0.1) is 4.90 Å². The Balaban J connectivity index is 2.71. The quantitative estimate of drug-likeness (QED) is 0.695. The van der Waals surface area contributed by atoms with E-state index in [0.29, 0.717) is 6.54 Å². The van der Waals surface area contributed by atoms with E-state index in [0.717, 1.165) is 5.56 Å². The Labute approximate surface area is 115 Å². The summed E-state index contributed by atoms with van der Waals surface area (Å²) >= 11 is 0. The monoisotopic (exact) mass is 286 g/mol. The van der Waals surface area contributed by atoms with E-state index in [2.05, 4.69) is 10.0 Å². The molecule has 0 amide bonds. The van der Waals surface area contributed by atoms with E-state index in [1.54, 1.807) is 24.3 Å². The minimum absolute atomic E-state index is 0.111. The maximum atomic E-state index is 11.6. The van der Waals surface area contributed by atoms with Gasteiger partial charge in [-0.25, -0.2) is 13.1 Å². The van der Waals surface area contributed by atoms with Gasteiger partial charge in [0.2, 0.25) is 10.0 Å². The molecule has 0 aliphatic rings. The molecule has 19 heavy (non-hydrogen) atoms. The van der Waals surface area contributed by atoms with Gasteiger partial charge in [0.1, 0.15) is 0 Å². The lowest BCUT2D eigenvalue weighted by Gasteiger charge is -2.17. The van der Waals surface area contributed by atoms with Crippen molar-refractivity contribution in [1.82, 2.24) is 10.0 Å². The third-order valence-corrected chi connectivity index (χ3v) is 4.47. The number of benzene rings is 1. The second-order valence-electron chi connectivity index (χ2n) is 4.69. The normalized spacial score (nSPS) is 15.2. The molecule has 0 aromatic heterocycles. The van der Waals surface area contributed by atoms with Crippen molar-refractivity contribution in [2.75, 3.05) is 20.2 Å². The summed E-state index contributed by atoms with van der Waals surface area (Å²) in [6, 6.07) is 6.89. The van der Waals surface area contributed by atoms with Crippen molar-refractivity contribution in [2.24, 2.45) is 5.92 Å². The summed E-state index contributed by atoms with van der Waals surface area (Å²) < 4.78 is 25.4. The molecule has 1 rings (SSSR count). The fraction of sp³-hybridized carbons (Fsp3) is 0.538. The summed E-state index contributed by atoms with van der Waals surface area (Å²) in [5.41, 5.74) is 1.01. The molecule has 108 valence electrons. The standard InChI is InChI=1S/C13H22N2O3S/c1-10(9-16)8-15-11(2)12-4-6-13(7-5-12)19(17,18)14-3/h4-7,10-11,14-16H,8-9H2,1-3H3. The number of aliphatic hydroxyl groups is 1. The minimum Gasteiger partial charge on any atom is -0.396 e. The van der Waals surface area contributed by atoms with E-state index in [1.807, 2.05) is 13.8 Å². The summed E-state index contributed by atoms with van der Waals surface area (Å²) in [6.07, 6.45) is 0. The Kier molecular flexibility index (Phi) is 5.93. The van der Waals surface area contributed by atoms with Crippen LogP contribution in [0.3, 0.4) is 0 Å². The van der Waals surface area contributed by atoms with Crippen LogP contribution in [0.1, 0.15) is 25.5 Å². The smallest absolute Gasteiger partial charge is 0.240 e. The number of nitrogens with one attached hydrogen (secondary N) is 2. The highest BCUT2D eigenvalue weighted by atomic mass is 32.2. The Morgan fingerprint density at radius 3 is 2.26 bits per heavy atom. The van der Waals surface area contributed by atoms with Crippen LogP contribution in [0.5, 0.6) is 0 Å². The first-order valence-electron chi connectivity index (χ1n) is 6.28. The molecule has 0 radical (unpaired) electrons. The number of rotatable bonds is 7. The lowest BCUT2D eigenvalue weighted by Crippen LogP contribution is -2.26. The average molecular weight is 286 g/mol. The SMILES string of the molecule is CNS(=O)(=O)c1ccc(C(C)NCC(C)CO)cc1. The molecule has 0 aliphatic carbocycles. The van der Waals surface area contributed by atoms with Gasteiger partial charge in [-0.3, -0.25) is 0 Å². The van der Waals surface area contributed by atoms with Crippen LogP contribution in [0, 0.1) is 5.92 Å². The first-order valence-corrected chi connectivity index (χ1v) is 7.76. The topological polar surface area (TPSA) is 78.4 Å². The summed E-state index contributed by atoms with van der Waals surface area (Å²) in [5, 5.41) is 12.3. The number of hydrogen-bond acceptors (Lipinski definition) is 4. The van der Waals surface area contributed by atoms with Gasteiger partial charge in [-0.1, -0.05) is 19.1 Å². The lowest BCUT2D eigenvalue weighted by molar-refractivity contribution is 0.231. The zero-order valence-electron chi connectivity index (χ0n) is 11.6. The molecule has 1 aromatic carbocycles. The van der Waals surface area contributed by atoms with Crippen molar-refractivity contribution < 1.29 is 13.5 Å². The van der Waals surface area contributed by atoms with E-state index in [1.165, 1.54) is 7.05 Å². The van der Waals surface area contributed by atoms with Crippen LogP contribution in [0.4, 0.5) is 0 Å². The zero-order valence-corrected chi connectivity index (χ0v) is 12.4. The van der Waals surface area contributed by atoms with Crippen molar-refractivity contribution in [3.05, 3.63) is 29.8 Å². The molecular formula is C13H22N2O3S. The van der Waals surface area contributed by atoms with Crippen LogP contribution in [-0.4, -0.2) is 33.7 Å². The summed E-state index contributed by atoms with van der Waals surface area (Å²) in [7, 11) is -1.98. The summed E-state index contributed by atoms with van der Waals surface area (Å²) in [4.78, 5) is 0.259. The van der Waals surface area contributed by atoms with Crippen molar-refractivity contribution in [3.8, 4) is 0 Å². The van der Waals surface area contributed by atoms with Crippen molar-refractivity contribution in [1.29, 1.82) is 0 Å². The van der Waals surface area contributed by atoms with Crippen LogP contribution >= 0.6 is 0 Å². The molecule has 6 heteroatoms. The highest BCUT2D eigenvalue weighted by molar-refractivity contribution is 7.89. The predicted octanol–water partition coefficient (Wildman–Crippen LogP) is 0.874. The highest BCUT2D eigenvalue weighted by Crippen LogP contribution is 2.16. The van der Waals surface area contributed by atoms with E-state index in [4.69, 9.17) is 5.11 Å². The van der Waals surface area contributed by atoms with Crippen molar-refractivity contribution >= 4 is 10.0 Å². The fourth-order valence-corrected chi connectivity index (χ4v) is 2.34. The van der Waals surface area contributed by atoms with E-state index < -0.39 is 10.0 Å². The molecule has 3 N–H and O–H groups in total. The fourth-order valence-electron chi connectivity index (χ4n) is 1.61. The Hall–Kier alpha value is -0.950. The molecule has 0 saturated heterocycles. The number of hydrogen-bond donors (Lipinski definition) is 3. The van der Waals surface area contributed by atoms with Crippen LogP contribution in [0.25, 0.3) is 0 Å². The molecule has 0 aliphatic heterocycles. The van der Waals surface area contributed by atoms with Gasteiger partial charge in [-0.2, -0.15) is 0 Å². The molecule has 0 bridgehead atoms. The molecule has 1 aromatic rings. The van der Waals surface area contributed by atoms with Gasteiger partial charge >= 0.3 is 0 Å². The van der Waals surface area contributed by atoms with Gasteiger partial charge in [-0.15, -0.1) is 0 Å². The van der Waals surface area contributed by atoms with E-state index in [9.17, 15) is 8.42 Å². The van der Waals surface area contributed by atoms with E-state index >= 15 is 0 Å². The highest BCUT2D eigenvalue weighted by Gasteiger charge is 2.12. The second-order valence-corrected chi connectivity index (χ2v) is 6.58. The Morgan fingerprint density at radius 1 is 1.21 bits per heavy atom. The third-order valence-electron chi connectivity index (χ3n) is 3.04. The van der Waals surface area contributed by atoms with Gasteiger partial charge in [0.25, 0.3) is 0 Å². The third kappa shape index (κ3) is 4.58. The predicted molar refractivity (Wildman–Crippen MR) is 75.4 cm³/mol. The van der Waals surface area contributed by atoms with Crippen molar-refractivity contribution in [2.45, 2.75) is 24.8 Å². The van der Waals surface area contributed by atoms with Crippen molar-refractivity contribution in [3.63, 3.8) is 0 Å². The lowest BCUT2D eigenvalue weighted by atomic mass is 10.1. The number of aliphatic hydroxyl groups excluding tert-OH is 1. The molecule has 0 saturated carbocycles. The van der Waals surface area contributed by atoms with Gasteiger partial charge in [0.15, 0.2) is 0 Å². The average Bonchev–Trinajstić information content (AvgIpc) is 2.44. The molecule has 0 fully saturated rings. The molecular weight excluding hydrogens is 264 g/mol. The van der Waals surface area contributed by atoms with Crippen LogP contribution in [0.15, 0.2) is 29.2 Å². The maximum absolute atomic E-state index is 11.6. The van der Waals surface area contributed by atoms with Gasteiger partial charge in [-0.05, 0) is 37.6 Å². The largest absolute Gasteiger partial charge is 0.396 e. The van der Waals surface area contributed by atoms with Crippen LogP contribution in [-0.2, 0) is 10.0 Å². The zero-order chi connectivity index (χ0) is 14.5.